The van der Waals surface area contributed by atoms with Crippen molar-refractivity contribution in [2.45, 2.75) is 44.1 Å². The lowest BCUT2D eigenvalue weighted by molar-refractivity contribution is -0.277. The van der Waals surface area contributed by atoms with E-state index in [1.165, 1.54) is 13.8 Å². The topological polar surface area (TPSA) is 85.2 Å². The van der Waals surface area contributed by atoms with Crippen LogP contribution in [-0.4, -0.2) is 53.0 Å². The Bertz CT molecular complexity index is 276. The number of carbonyl (C=O) groups excluding carboxylic acids is 1. The zero-order valence-corrected chi connectivity index (χ0v) is 8.54. The Morgan fingerprint density at radius 2 is 2.27 bits per heavy atom. The molecule has 0 aromatic rings. The molecule has 0 radical (unpaired) electrons. The zero-order valence-electron chi connectivity index (χ0n) is 8.54. The molecule has 2 heterocycles. The van der Waals surface area contributed by atoms with Gasteiger partial charge in [0.2, 0.25) is 0 Å². The fourth-order valence-corrected chi connectivity index (χ4v) is 1.91. The standard InChI is InChI=1S/C9H14O6/c1-4(10)14-6-5-3-13-8(15-5)9(2,12)7(6)11/h5-8,11-12H,3H2,1-2H3/t5-,6+,7-,8+,9-/m1/s1. The summed E-state index contributed by atoms with van der Waals surface area (Å²) < 4.78 is 15.4. The minimum atomic E-state index is -1.56. The maximum atomic E-state index is 10.8. The molecule has 2 saturated heterocycles. The lowest BCUT2D eigenvalue weighted by Gasteiger charge is -2.41. The third-order valence-electron chi connectivity index (χ3n) is 2.77. The molecule has 86 valence electrons. The van der Waals surface area contributed by atoms with Crippen LogP contribution in [0, 0.1) is 0 Å². The molecule has 0 aromatic heterocycles. The highest BCUT2D eigenvalue weighted by Crippen LogP contribution is 2.36. The Labute approximate surface area is 86.7 Å². The SMILES string of the molecule is CC(=O)O[C@@H]1[C@@H](O)[C@@](C)(O)[C@H]2OC[C@H]1O2. The number of ether oxygens (including phenoxy) is 3. The number of aliphatic hydroxyl groups is 2. The predicted octanol–water partition coefficient (Wildman–Crippen LogP) is -1.21. The molecule has 2 aliphatic heterocycles. The largest absolute Gasteiger partial charge is 0.457 e. The maximum absolute atomic E-state index is 10.8. The molecule has 0 unspecified atom stereocenters. The van der Waals surface area contributed by atoms with E-state index in [0.717, 1.165) is 0 Å². The normalized spacial score (nSPS) is 49.1. The Kier molecular flexibility index (Phi) is 2.46. The monoisotopic (exact) mass is 218 g/mol. The van der Waals surface area contributed by atoms with Gasteiger partial charge in [-0.2, -0.15) is 0 Å². The average molecular weight is 218 g/mol. The van der Waals surface area contributed by atoms with Crippen molar-refractivity contribution in [3.63, 3.8) is 0 Å². The lowest BCUT2D eigenvalue weighted by Crippen LogP contribution is -2.62. The van der Waals surface area contributed by atoms with Crippen LogP contribution in [0.3, 0.4) is 0 Å². The van der Waals surface area contributed by atoms with Crippen LogP contribution < -0.4 is 0 Å². The number of hydrogen-bond donors (Lipinski definition) is 2. The molecule has 15 heavy (non-hydrogen) atoms. The molecular weight excluding hydrogens is 204 g/mol. The van der Waals surface area contributed by atoms with Gasteiger partial charge >= 0.3 is 5.97 Å². The fraction of sp³-hybridized carbons (Fsp3) is 0.889. The summed E-state index contributed by atoms with van der Waals surface area (Å²) in [5.74, 6) is -0.524. The second-order valence-electron chi connectivity index (χ2n) is 4.08. The molecule has 0 amide bonds. The minimum Gasteiger partial charge on any atom is -0.457 e. The van der Waals surface area contributed by atoms with Gasteiger partial charge in [-0.15, -0.1) is 0 Å². The van der Waals surface area contributed by atoms with E-state index in [4.69, 9.17) is 14.2 Å². The first kappa shape index (κ1) is 10.8. The predicted molar refractivity (Wildman–Crippen MR) is 46.8 cm³/mol. The molecular formula is C9H14O6. The summed E-state index contributed by atoms with van der Waals surface area (Å²) in [6, 6.07) is 0. The fourth-order valence-electron chi connectivity index (χ4n) is 1.91. The van der Waals surface area contributed by atoms with E-state index in [9.17, 15) is 15.0 Å². The number of hydrogen-bond acceptors (Lipinski definition) is 6. The van der Waals surface area contributed by atoms with E-state index < -0.39 is 36.2 Å². The van der Waals surface area contributed by atoms with Gasteiger partial charge in [-0.05, 0) is 6.92 Å². The van der Waals surface area contributed by atoms with Crippen molar-refractivity contribution in [3.05, 3.63) is 0 Å². The number of esters is 1. The molecule has 2 rings (SSSR count). The van der Waals surface area contributed by atoms with Gasteiger partial charge in [0.1, 0.15) is 17.8 Å². The van der Waals surface area contributed by atoms with Gasteiger partial charge < -0.3 is 24.4 Å². The van der Waals surface area contributed by atoms with E-state index in [2.05, 4.69) is 0 Å². The first-order chi connectivity index (χ1) is 6.93. The molecule has 5 atom stereocenters. The van der Waals surface area contributed by atoms with Crippen LogP contribution in [0.25, 0.3) is 0 Å². The third kappa shape index (κ3) is 1.63. The van der Waals surface area contributed by atoms with Crippen molar-refractivity contribution in [1.29, 1.82) is 0 Å². The summed E-state index contributed by atoms with van der Waals surface area (Å²) in [4.78, 5) is 10.8. The van der Waals surface area contributed by atoms with Gasteiger partial charge in [-0.3, -0.25) is 4.79 Å². The number of carbonyl (C=O) groups is 1. The first-order valence-corrected chi connectivity index (χ1v) is 4.77. The van der Waals surface area contributed by atoms with Crippen LogP contribution in [-0.2, 0) is 19.0 Å². The van der Waals surface area contributed by atoms with E-state index in [-0.39, 0.29) is 6.61 Å². The van der Waals surface area contributed by atoms with Crippen LogP contribution in [0.15, 0.2) is 0 Å². The Morgan fingerprint density at radius 1 is 1.60 bits per heavy atom. The summed E-state index contributed by atoms with van der Waals surface area (Å²) in [5, 5.41) is 19.8. The van der Waals surface area contributed by atoms with Crippen LogP contribution in [0.5, 0.6) is 0 Å². The van der Waals surface area contributed by atoms with Crippen LogP contribution in [0.2, 0.25) is 0 Å². The van der Waals surface area contributed by atoms with Crippen LogP contribution in [0.4, 0.5) is 0 Å². The molecule has 0 saturated carbocycles. The summed E-state index contributed by atoms with van der Waals surface area (Å²) in [5.41, 5.74) is -1.56. The van der Waals surface area contributed by atoms with E-state index in [1.54, 1.807) is 0 Å². The lowest BCUT2D eigenvalue weighted by atomic mass is 9.89. The Morgan fingerprint density at radius 3 is 2.87 bits per heavy atom. The Hall–Kier alpha value is -0.690. The summed E-state index contributed by atoms with van der Waals surface area (Å²) in [6.07, 6.45) is -3.44. The summed E-state index contributed by atoms with van der Waals surface area (Å²) in [7, 11) is 0. The molecule has 0 spiro atoms. The number of fused-ring (bicyclic) bond motifs is 2. The molecule has 2 bridgehead atoms. The quantitative estimate of drug-likeness (QED) is 0.537. The van der Waals surface area contributed by atoms with Gasteiger partial charge in [0.25, 0.3) is 0 Å². The number of aliphatic hydroxyl groups excluding tert-OH is 1. The molecule has 2 fully saturated rings. The maximum Gasteiger partial charge on any atom is 0.303 e. The zero-order chi connectivity index (χ0) is 11.2. The highest BCUT2D eigenvalue weighted by Gasteiger charge is 2.58. The second-order valence-corrected chi connectivity index (χ2v) is 4.08. The molecule has 2 N–H and O–H groups in total. The average Bonchev–Trinajstić information content (AvgIpc) is 2.57. The van der Waals surface area contributed by atoms with Crippen molar-refractivity contribution in [2.24, 2.45) is 0 Å². The highest BCUT2D eigenvalue weighted by molar-refractivity contribution is 5.66. The van der Waals surface area contributed by atoms with Gasteiger partial charge in [0, 0.05) is 6.92 Å². The smallest absolute Gasteiger partial charge is 0.303 e. The Balaban J connectivity index is 2.20. The van der Waals surface area contributed by atoms with Crippen molar-refractivity contribution < 1.29 is 29.2 Å². The van der Waals surface area contributed by atoms with Crippen molar-refractivity contribution in [2.75, 3.05) is 6.61 Å². The van der Waals surface area contributed by atoms with E-state index in [0.29, 0.717) is 0 Å². The minimum absolute atomic E-state index is 0.204. The third-order valence-corrected chi connectivity index (χ3v) is 2.77. The van der Waals surface area contributed by atoms with Gasteiger partial charge in [-0.1, -0.05) is 0 Å². The molecule has 2 aliphatic rings. The number of rotatable bonds is 1. The van der Waals surface area contributed by atoms with Crippen molar-refractivity contribution >= 4 is 5.97 Å². The first-order valence-electron chi connectivity index (χ1n) is 4.77. The van der Waals surface area contributed by atoms with Gasteiger partial charge in [0.05, 0.1) is 6.61 Å². The molecule has 0 aromatic carbocycles. The van der Waals surface area contributed by atoms with Crippen molar-refractivity contribution in [1.82, 2.24) is 0 Å². The summed E-state index contributed by atoms with van der Waals surface area (Å²) >= 11 is 0. The van der Waals surface area contributed by atoms with Gasteiger partial charge in [0.15, 0.2) is 12.4 Å². The van der Waals surface area contributed by atoms with Crippen molar-refractivity contribution in [3.8, 4) is 0 Å². The van der Waals surface area contributed by atoms with Crippen LogP contribution in [0.1, 0.15) is 13.8 Å². The van der Waals surface area contributed by atoms with Crippen LogP contribution >= 0.6 is 0 Å². The second kappa shape index (κ2) is 3.41. The molecule has 0 aliphatic carbocycles. The summed E-state index contributed by atoms with van der Waals surface area (Å²) in [6.45, 7) is 2.83. The van der Waals surface area contributed by atoms with E-state index in [1.807, 2.05) is 0 Å². The molecule has 6 heteroatoms. The molecule has 6 nitrogen and oxygen atoms in total. The highest BCUT2D eigenvalue weighted by atomic mass is 16.8. The van der Waals surface area contributed by atoms with Gasteiger partial charge in [-0.25, -0.2) is 0 Å². The van der Waals surface area contributed by atoms with E-state index >= 15 is 0 Å².